The van der Waals surface area contributed by atoms with Crippen molar-refractivity contribution in [2.75, 3.05) is 0 Å². The molecule has 0 saturated heterocycles. The first-order valence-electron chi connectivity index (χ1n) is 10.5. The van der Waals surface area contributed by atoms with E-state index in [-0.39, 0.29) is 0 Å². The van der Waals surface area contributed by atoms with Gasteiger partial charge < -0.3 is 8.83 Å². The quantitative estimate of drug-likeness (QED) is 0.275. The maximum Gasteiger partial charge on any atom is 0.145 e. The fourth-order valence-corrected chi connectivity index (χ4v) is 5.90. The number of nitrogens with zero attached hydrogens (tertiary/aromatic N) is 1. The highest BCUT2D eigenvalue weighted by Gasteiger charge is 2.19. The second-order valence-electron chi connectivity index (χ2n) is 8.04. The van der Waals surface area contributed by atoms with Crippen molar-refractivity contribution in [3.63, 3.8) is 0 Å². The Kier molecular flexibility index (Phi) is 3.64. The molecule has 3 aromatic carbocycles. The van der Waals surface area contributed by atoms with Crippen LogP contribution >= 0.6 is 11.3 Å². The zero-order valence-corrected chi connectivity index (χ0v) is 18.1. The SMILES string of the molecule is Cc1c(-c2ccnc(-c3cc4occc4c4c3oc3ccccc34)c2)sc2ccccc12. The van der Waals surface area contributed by atoms with Crippen LogP contribution in [0.3, 0.4) is 0 Å². The molecule has 7 aromatic rings. The third-order valence-corrected chi connectivity index (χ3v) is 7.54. The van der Waals surface area contributed by atoms with Crippen LogP contribution in [-0.2, 0) is 0 Å². The van der Waals surface area contributed by atoms with Crippen LogP contribution in [0.4, 0.5) is 0 Å². The smallest absolute Gasteiger partial charge is 0.145 e. The van der Waals surface area contributed by atoms with Gasteiger partial charge in [-0.15, -0.1) is 11.3 Å². The number of pyridine rings is 1. The number of rotatable bonds is 2. The molecule has 4 aromatic heterocycles. The molecule has 4 heteroatoms. The molecule has 7 rings (SSSR count). The molecule has 32 heavy (non-hydrogen) atoms. The van der Waals surface area contributed by atoms with Gasteiger partial charge in [-0.2, -0.15) is 0 Å². The maximum atomic E-state index is 6.35. The van der Waals surface area contributed by atoms with Gasteiger partial charge in [0.2, 0.25) is 0 Å². The highest BCUT2D eigenvalue weighted by atomic mass is 32.1. The minimum Gasteiger partial charge on any atom is -0.464 e. The zero-order chi connectivity index (χ0) is 21.2. The molecule has 0 aliphatic carbocycles. The van der Waals surface area contributed by atoms with Crippen LogP contribution in [0.2, 0.25) is 0 Å². The molecule has 0 N–H and O–H groups in total. The van der Waals surface area contributed by atoms with Gasteiger partial charge in [0, 0.05) is 37.5 Å². The van der Waals surface area contributed by atoms with Gasteiger partial charge in [-0.3, -0.25) is 4.98 Å². The lowest BCUT2D eigenvalue weighted by atomic mass is 10.0. The average molecular weight is 432 g/mol. The van der Waals surface area contributed by atoms with E-state index in [0.29, 0.717) is 0 Å². The van der Waals surface area contributed by atoms with Gasteiger partial charge >= 0.3 is 0 Å². The van der Waals surface area contributed by atoms with Gasteiger partial charge in [-0.1, -0.05) is 36.4 Å². The molecule has 0 aliphatic rings. The van der Waals surface area contributed by atoms with Crippen molar-refractivity contribution < 1.29 is 8.83 Å². The molecule has 0 saturated carbocycles. The summed E-state index contributed by atoms with van der Waals surface area (Å²) in [6.07, 6.45) is 3.62. The Labute approximate surface area is 187 Å². The van der Waals surface area contributed by atoms with E-state index in [4.69, 9.17) is 13.8 Å². The Hall–Kier alpha value is -3.89. The third kappa shape index (κ3) is 2.44. The lowest BCUT2D eigenvalue weighted by molar-refractivity contribution is 0.615. The fourth-order valence-electron chi connectivity index (χ4n) is 4.70. The summed E-state index contributed by atoms with van der Waals surface area (Å²) in [6.45, 7) is 2.20. The predicted octanol–water partition coefficient (Wildman–Crippen LogP) is 8.58. The van der Waals surface area contributed by atoms with Gasteiger partial charge in [0.1, 0.15) is 16.7 Å². The van der Waals surface area contributed by atoms with Crippen molar-refractivity contribution in [3.8, 4) is 21.7 Å². The van der Waals surface area contributed by atoms with Crippen molar-refractivity contribution in [1.29, 1.82) is 0 Å². The Bertz CT molecular complexity index is 1800. The first kappa shape index (κ1) is 17.8. The molecule has 0 radical (unpaired) electrons. The summed E-state index contributed by atoms with van der Waals surface area (Å²) in [5.41, 5.74) is 6.84. The van der Waals surface area contributed by atoms with E-state index in [2.05, 4.69) is 49.4 Å². The van der Waals surface area contributed by atoms with Gasteiger partial charge in [0.25, 0.3) is 0 Å². The Morgan fingerprint density at radius 2 is 1.62 bits per heavy atom. The normalized spacial score (nSPS) is 11.9. The molecular weight excluding hydrogens is 414 g/mol. The van der Waals surface area contributed by atoms with Gasteiger partial charge in [0.15, 0.2) is 0 Å². The molecule has 3 nitrogen and oxygen atoms in total. The van der Waals surface area contributed by atoms with E-state index in [1.165, 1.54) is 20.5 Å². The topological polar surface area (TPSA) is 39.2 Å². The summed E-state index contributed by atoms with van der Waals surface area (Å²) < 4.78 is 13.5. The van der Waals surface area contributed by atoms with Gasteiger partial charge in [-0.25, -0.2) is 0 Å². The number of hydrogen-bond acceptors (Lipinski definition) is 4. The number of furan rings is 2. The Morgan fingerprint density at radius 3 is 2.53 bits per heavy atom. The Morgan fingerprint density at radius 1 is 0.812 bits per heavy atom. The predicted molar refractivity (Wildman–Crippen MR) is 132 cm³/mol. The van der Waals surface area contributed by atoms with Gasteiger partial charge in [0.05, 0.1) is 12.0 Å². The number of para-hydroxylation sites is 1. The van der Waals surface area contributed by atoms with Crippen LogP contribution in [0.25, 0.3) is 64.7 Å². The lowest BCUT2D eigenvalue weighted by Gasteiger charge is -2.06. The molecule has 0 bridgehead atoms. The monoisotopic (exact) mass is 431 g/mol. The standard InChI is InChI=1S/C28H17NO2S/c1-16-18-6-3-5-9-25(18)32-28(16)17-10-12-29-22(14-17)21-15-24-20(11-13-30-24)26-19-7-2-4-8-23(19)31-27(21)26/h2-15H,1H3. The average Bonchev–Trinajstić information content (AvgIpc) is 3.54. The third-order valence-electron chi connectivity index (χ3n) is 6.22. The van der Waals surface area contributed by atoms with Crippen molar-refractivity contribution in [2.24, 2.45) is 0 Å². The summed E-state index contributed by atoms with van der Waals surface area (Å²) in [4.78, 5) is 6.01. The van der Waals surface area contributed by atoms with E-state index in [9.17, 15) is 0 Å². The summed E-state index contributed by atoms with van der Waals surface area (Å²) in [7, 11) is 0. The van der Waals surface area contributed by atoms with Crippen molar-refractivity contribution in [2.45, 2.75) is 6.92 Å². The van der Waals surface area contributed by atoms with Crippen LogP contribution in [-0.4, -0.2) is 4.98 Å². The zero-order valence-electron chi connectivity index (χ0n) is 17.3. The summed E-state index contributed by atoms with van der Waals surface area (Å²) in [5.74, 6) is 0. The van der Waals surface area contributed by atoms with E-state index in [0.717, 1.165) is 49.7 Å². The molecule has 0 aliphatic heterocycles. The number of benzene rings is 3. The van der Waals surface area contributed by atoms with Crippen LogP contribution in [0.15, 0.2) is 94.1 Å². The van der Waals surface area contributed by atoms with Crippen molar-refractivity contribution in [1.82, 2.24) is 4.98 Å². The highest BCUT2D eigenvalue weighted by Crippen LogP contribution is 2.43. The fraction of sp³-hybridized carbons (Fsp3) is 0.0357. The van der Waals surface area contributed by atoms with E-state index in [1.54, 1.807) is 6.26 Å². The van der Waals surface area contributed by atoms with Crippen molar-refractivity contribution in [3.05, 3.63) is 90.8 Å². The molecule has 0 unspecified atom stereocenters. The van der Waals surface area contributed by atoms with Crippen LogP contribution in [0, 0.1) is 6.92 Å². The molecule has 0 spiro atoms. The van der Waals surface area contributed by atoms with Crippen LogP contribution < -0.4 is 0 Å². The number of hydrogen-bond donors (Lipinski definition) is 0. The van der Waals surface area contributed by atoms with Crippen molar-refractivity contribution >= 4 is 54.3 Å². The summed E-state index contributed by atoms with van der Waals surface area (Å²) in [5, 5.41) is 4.53. The minimum absolute atomic E-state index is 0.837. The number of aryl methyl sites for hydroxylation is 1. The van der Waals surface area contributed by atoms with E-state index < -0.39 is 0 Å². The van der Waals surface area contributed by atoms with E-state index in [1.807, 2.05) is 47.9 Å². The Balaban J connectivity index is 1.51. The number of fused-ring (bicyclic) bond motifs is 6. The molecule has 152 valence electrons. The summed E-state index contributed by atoms with van der Waals surface area (Å²) >= 11 is 1.82. The first-order valence-corrected chi connectivity index (χ1v) is 11.4. The van der Waals surface area contributed by atoms with Gasteiger partial charge in [-0.05, 0) is 59.8 Å². The molecule has 4 heterocycles. The first-order chi connectivity index (χ1) is 15.8. The highest BCUT2D eigenvalue weighted by molar-refractivity contribution is 7.22. The molecule has 0 fully saturated rings. The second kappa shape index (κ2) is 6.55. The molecular formula is C28H17NO2S. The van der Waals surface area contributed by atoms with E-state index >= 15 is 0 Å². The second-order valence-corrected chi connectivity index (χ2v) is 9.09. The number of aromatic nitrogens is 1. The lowest BCUT2D eigenvalue weighted by Crippen LogP contribution is -1.86. The maximum absolute atomic E-state index is 6.35. The minimum atomic E-state index is 0.837. The molecule has 0 atom stereocenters. The molecule has 0 amide bonds. The van der Waals surface area contributed by atoms with Crippen LogP contribution in [0.1, 0.15) is 5.56 Å². The van der Waals surface area contributed by atoms with Crippen LogP contribution in [0.5, 0.6) is 0 Å². The number of thiophene rings is 1. The largest absolute Gasteiger partial charge is 0.464 e. The summed E-state index contributed by atoms with van der Waals surface area (Å²) in [6, 6.07) is 25.0.